The summed E-state index contributed by atoms with van der Waals surface area (Å²) in [6, 6.07) is 0. The van der Waals surface area contributed by atoms with E-state index in [4.69, 9.17) is 18.9 Å². The van der Waals surface area contributed by atoms with Gasteiger partial charge in [-0.3, -0.25) is 19.2 Å². The molecule has 22 nitrogen and oxygen atoms in total. The van der Waals surface area contributed by atoms with E-state index in [1.807, 2.05) is 0 Å². The van der Waals surface area contributed by atoms with Crippen LogP contribution in [0.5, 0.6) is 0 Å². The molecule has 378 valence electrons. The molecule has 3 aliphatic rings. The molecule has 3 fully saturated rings. The number of carboxylic acids is 2. The van der Waals surface area contributed by atoms with Crippen LogP contribution in [0.1, 0.15) is 122 Å². The van der Waals surface area contributed by atoms with E-state index in [0.717, 1.165) is 0 Å². The minimum atomic E-state index is -1.55. The summed E-state index contributed by atoms with van der Waals surface area (Å²) in [7, 11) is 0. The molecule has 0 spiro atoms. The van der Waals surface area contributed by atoms with Gasteiger partial charge in [0.05, 0.1) is 37.3 Å². The SMILES string of the molecule is CC(C)(C)OC(=O)N1CCNC[C@]2(NC(=O)CCCC(=O)O)CN(C(=O)OC(C)(C)C)CCNC[C@](NC(=O)CCCC(=O)O)(C1)CN(C(=O)OC(C)(C)C)CCN(C(=O)OC(C)(C)C)C2. The molecule has 0 aromatic carbocycles. The molecule has 0 aromatic heterocycles. The molecule has 3 heterocycles. The summed E-state index contributed by atoms with van der Waals surface area (Å²) < 4.78 is 23.5. The second kappa shape index (κ2) is 24.1. The Labute approximate surface area is 389 Å². The summed E-state index contributed by atoms with van der Waals surface area (Å²) in [5, 5.41) is 31.4. The van der Waals surface area contributed by atoms with E-state index in [9.17, 15) is 48.6 Å². The third-order valence-corrected chi connectivity index (χ3v) is 9.66. The summed E-state index contributed by atoms with van der Waals surface area (Å²) in [5.41, 5.74) is -7.04. The van der Waals surface area contributed by atoms with Crippen molar-refractivity contribution < 1.29 is 67.5 Å². The van der Waals surface area contributed by atoms with E-state index in [2.05, 4.69) is 21.3 Å². The van der Waals surface area contributed by atoms with Gasteiger partial charge in [0.2, 0.25) is 11.8 Å². The third-order valence-electron chi connectivity index (χ3n) is 9.66. The van der Waals surface area contributed by atoms with Gasteiger partial charge in [0.25, 0.3) is 0 Å². The average molecular weight is 943 g/mol. The quantitative estimate of drug-likeness (QED) is 0.171. The lowest BCUT2D eigenvalue weighted by atomic mass is 9.94. The standard InChI is InChI=1S/C44H78N8O14/c1-39(2,3)63-35(59)49-21-19-45-26-44(48-32(54)16-14-18-34(57)58)28-50(36(60)64-40(4,5)6)22-20-46-25-43(27-49,47-31(53)15-13-17-33(55)56)29-51(37(61)65-41(7,8)9)23-24-52(30-44)38(62)66-42(10,11)12/h45-46H,13-30H2,1-12H3,(H,47,53)(H,48,54)(H,55,56)(H,57,58)/t43-,44-/m0/s1. The number of hydrogen-bond donors (Lipinski definition) is 6. The van der Waals surface area contributed by atoms with Gasteiger partial charge in [0, 0.05) is 78.0 Å². The normalized spacial score (nSPS) is 20.8. The van der Waals surface area contributed by atoms with E-state index in [0.29, 0.717) is 0 Å². The van der Waals surface area contributed by atoms with Crippen LogP contribution in [0.15, 0.2) is 0 Å². The predicted molar refractivity (Wildman–Crippen MR) is 242 cm³/mol. The number of hydrogen-bond acceptors (Lipinski definition) is 14. The largest absolute Gasteiger partial charge is 0.481 e. The van der Waals surface area contributed by atoms with Crippen molar-refractivity contribution >= 4 is 48.1 Å². The average Bonchev–Trinajstić information content (AvgIpc) is 3.11. The summed E-state index contributed by atoms with van der Waals surface area (Å²) in [6.45, 7) is 18.2. The number of nitrogens with zero attached hydrogens (tertiary/aromatic N) is 4. The van der Waals surface area contributed by atoms with Crippen LogP contribution in [0.4, 0.5) is 19.2 Å². The van der Waals surface area contributed by atoms with Crippen molar-refractivity contribution in [2.24, 2.45) is 0 Å². The minimum Gasteiger partial charge on any atom is -0.481 e. The van der Waals surface area contributed by atoms with Gasteiger partial charge in [0.15, 0.2) is 0 Å². The molecule has 0 aliphatic carbocycles. The molecule has 0 saturated carbocycles. The van der Waals surface area contributed by atoms with E-state index in [1.165, 1.54) is 19.6 Å². The van der Waals surface area contributed by atoms with Gasteiger partial charge in [-0.05, 0) is 95.9 Å². The third kappa shape index (κ3) is 22.4. The Morgan fingerprint density at radius 1 is 0.455 bits per heavy atom. The van der Waals surface area contributed by atoms with Gasteiger partial charge in [-0.25, -0.2) is 19.2 Å². The Hall–Kier alpha value is -5.12. The fraction of sp³-hybridized carbons (Fsp3) is 0.818. The van der Waals surface area contributed by atoms with Crippen molar-refractivity contribution in [3.8, 4) is 0 Å². The maximum Gasteiger partial charge on any atom is 0.410 e. The number of carbonyl (C=O) groups excluding carboxylic acids is 6. The number of amides is 6. The predicted octanol–water partition coefficient (Wildman–Crippen LogP) is 3.36. The van der Waals surface area contributed by atoms with Crippen molar-refractivity contribution in [2.45, 2.75) is 155 Å². The van der Waals surface area contributed by atoms with E-state index < -0.39 is 81.6 Å². The lowest BCUT2D eigenvalue weighted by Crippen LogP contribution is -2.70. The maximum absolute atomic E-state index is 14.4. The van der Waals surface area contributed by atoms with Gasteiger partial charge < -0.3 is 70.0 Å². The van der Waals surface area contributed by atoms with Crippen molar-refractivity contribution in [2.75, 3.05) is 78.5 Å². The first kappa shape index (κ1) is 57.0. The summed E-state index contributed by atoms with van der Waals surface area (Å²) in [5.74, 6) is -3.32. The minimum absolute atomic E-state index is 0.00625. The second-order valence-corrected chi connectivity index (χ2v) is 21.1. The number of carbonyl (C=O) groups is 8. The van der Waals surface area contributed by atoms with Crippen LogP contribution in [-0.4, -0.2) is 190 Å². The molecule has 3 saturated heterocycles. The molecular weight excluding hydrogens is 865 g/mol. The highest BCUT2D eigenvalue weighted by Gasteiger charge is 2.44. The number of rotatable bonds is 10. The monoisotopic (exact) mass is 943 g/mol. The number of aliphatic carboxylic acids is 2. The first-order chi connectivity index (χ1) is 30.2. The molecule has 2 atom stereocenters. The highest BCUT2D eigenvalue weighted by molar-refractivity contribution is 5.79. The van der Waals surface area contributed by atoms with Gasteiger partial charge in [-0.15, -0.1) is 0 Å². The lowest BCUT2D eigenvalue weighted by molar-refractivity contribution is -0.138. The smallest absolute Gasteiger partial charge is 0.410 e. The first-order valence-corrected chi connectivity index (χ1v) is 22.6. The second-order valence-electron chi connectivity index (χ2n) is 21.1. The van der Waals surface area contributed by atoms with Gasteiger partial charge in [-0.2, -0.15) is 0 Å². The van der Waals surface area contributed by atoms with E-state index >= 15 is 0 Å². The van der Waals surface area contributed by atoms with Crippen LogP contribution < -0.4 is 21.3 Å². The first-order valence-electron chi connectivity index (χ1n) is 22.6. The maximum atomic E-state index is 14.4. The zero-order valence-corrected chi connectivity index (χ0v) is 41.3. The Morgan fingerprint density at radius 2 is 0.712 bits per heavy atom. The van der Waals surface area contributed by atoms with Crippen LogP contribution in [0.2, 0.25) is 0 Å². The molecule has 6 amide bonds. The number of carboxylic acid groups (broad SMARTS) is 2. The molecule has 22 heteroatoms. The van der Waals surface area contributed by atoms with Crippen molar-refractivity contribution in [1.29, 1.82) is 0 Å². The van der Waals surface area contributed by atoms with Crippen molar-refractivity contribution in [3.05, 3.63) is 0 Å². The van der Waals surface area contributed by atoms with Crippen LogP contribution >= 0.6 is 0 Å². The number of ether oxygens (including phenoxy) is 4. The van der Waals surface area contributed by atoms with Gasteiger partial charge in [0.1, 0.15) is 22.4 Å². The topological polar surface area (TPSA) is 275 Å². The molecular formula is C44H78N8O14. The zero-order valence-electron chi connectivity index (χ0n) is 41.3. The van der Waals surface area contributed by atoms with Crippen molar-refractivity contribution in [1.82, 2.24) is 40.9 Å². The zero-order chi connectivity index (χ0) is 50.3. The molecule has 6 N–H and O–H groups in total. The molecule has 66 heavy (non-hydrogen) atoms. The van der Waals surface area contributed by atoms with Crippen LogP contribution in [0.25, 0.3) is 0 Å². The fourth-order valence-electron chi connectivity index (χ4n) is 7.12. The van der Waals surface area contributed by atoms with E-state index in [1.54, 1.807) is 83.1 Å². The van der Waals surface area contributed by atoms with E-state index in [-0.39, 0.29) is 117 Å². The fourth-order valence-corrected chi connectivity index (χ4v) is 7.12. The van der Waals surface area contributed by atoms with Crippen LogP contribution in [0, 0.1) is 0 Å². The molecule has 0 radical (unpaired) electrons. The number of nitrogens with one attached hydrogen (secondary N) is 4. The highest BCUT2D eigenvalue weighted by Crippen LogP contribution is 2.23. The molecule has 0 unspecified atom stereocenters. The molecule has 0 aromatic rings. The van der Waals surface area contributed by atoms with Crippen molar-refractivity contribution in [3.63, 3.8) is 0 Å². The summed E-state index contributed by atoms with van der Waals surface area (Å²) in [6.07, 6.45) is -4.15. The van der Waals surface area contributed by atoms with Crippen LogP contribution in [-0.2, 0) is 38.1 Å². The molecule has 3 rings (SSSR count). The Kier molecular flexibility index (Phi) is 20.8. The molecule has 3 aliphatic heterocycles. The summed E-state index contributed by atoms with van der Waals surface area (Å²) >= 11 is 0. The number of fused-ring (bicyclic) bond motifs is 15. The Bertz CT molecular complexity index is 1580. The molecule has 2 bridgehead atoms. The lowest BCUT2D eigenvalue weighted by Gasteiger charge is -2.46. The van der Waals surface area contributed by atoms with Gasteiger partial charge in [-0.1, -0.05) is 0 Å². The summed E-state index contributed by atoms with van der Waals surface area (Å²) in [4.78, 5) is 113. The van der Waals surface area contributed by atoms with Crippen LogP contribution in [0.3, 0.4) is 0 Å². The highest BCUT2D eigenvalue weighted by atomic mass is 16.6. The Morgan fingerprint density at radius 3 is 0.955 bits per heavy atom. The van der Waals surface area contributed by atoms with Gasteiger partial charge >= 0.3 is 36.3 Å². The Balaban J connectivity index is 3.07.